The highest BCUT2D eigenvalue weighted by atomic mass is 35.5. The molecule has 1 saturated heterocycles. The Bertz CT molecular complexity index is 965. The molecule has 0 saturated carbocycles. The van der Waals surface area contributed by atoms with E-state index in [1.807, 2.05) is 0 Å². The number of nitrogens with one attached hydrogen (secondary N) is 1. The van der Waals surface area contributed by atoms with E-state index in [0.29, 0.717) is 36.0 Å². The number of aliphatic hydroxyl groups is 1. The molecule has 2 aromatic rings. The third kappa shape index (κ3) is 3.73. The van der Waals surface area contributed by atoms with Crippen molar-refractivity contribution in [3.63, 3.8) is 0 Å². The highest BCUT2D eigenvalue weighted by Crippen LogP contribution is 2.36. The third-order valence-electron chi connectivity index (χ3n) is 4.88. The number of anilines is 1. The largest absolute Gasteiger partial charge is 0.486 e. The Labute approximate surface area is 171 Å². The van der Waals surface area contributed by atoms with E-state index in [-0.39, 0.29) is 24.5 Å². The van der Waals surface area contributed by atoms with Gasteiger partial charge in [0.15, 0.2) is 11.5 Å². The Morgan fingerprint density at radius 1 is 1.21 bits per heavy atom. The molecule has 0 aliphatic carbocycles. The fourth-order valence-electron chi connectivity index (χ4n) is 3.40. The summed E-state index contributed by atoms with van der Waals surface area (Å²) in [6.45, 7) is 0.941. The van der Waals surface area contributed by atoms with E-state index in [2.05, 4.69) is 5.32 Å². The van der Waals surface area contributed by atoms with Crippen molar-refractivity contribution in [3.05, 3.63) is 52.8 Å². The predicted octanol–water partition coefficient (Wildman–Crippen LogP) is 2.03. The molecule has 9 heteroatoms. The fraction of sp³-hybridized carbons (Fsp3) is 0.300. The van der Waals surface area contributed by atoms with Gasteiger partial charge >= 0.3 is 0 Å². The average Bonchev–Trinajstić information content (AvgIpc) is 3.01. The summed E-state index contributed by atoms with van der Waals surface area (Å²) in [5.74, 6) is -1.04. The zero-order chi connectivity index (χ0) is 20.6. The average molecular weight is 421 g/mol. The van der Waals surface area contributed by atoms with Gasteiger partial charge in [-0.25, -0.2) is 4.39 Å². The van der Waals surface area contributed by atoms with Crippen LogP contribution in [-0.4, -0.2) is 42.3 Å². The highest BCUT2D eigenvalue weighted by molar-refractivity contribution is 6.30. The van der Waals surface area contributed by atoms with Gasteiger partial charge in [0.1, 0.15) is 19.0 Å². The van der Waals surface area contributed by atoms with Crippen LogP contribution in [0.2, 0.25) is 5.02 Å². The molecule has 7 nitrogen and oxygen atoms in total. The van der Waals surface area contributed by atoms with Gasteiger partial charge in [-0.15, -0.1) is 0 Å². The first kappa shape index (κ1) is 19.5. The molecular formula is C20H18ClFN2O5. The van der Waals surface area contributed by atoms with Crippen LogP contribution < -0.4 is 19.7 Å². The number of hydrogen-bond donors (Lipinski definition) is 2. The van der Waals surface area contributed by atoms with E-state index in [4.69, 9.17) is 21.1 Å². The monoisotopic (exact) mass is 420 g/mol. The zero-order valence-corrected chi connectivity index (χ0v) is 16.0. The van der Waals surface area contributed by atoms with Crippen LogP contribution in [0.3, 0.4) is 0 Å². The summed E-state index contributed by atoms with van der Waals surface area (Å²) in [6.07, 6.45) is -0.0734. The minimum absolute atomic E-state index is 0.0734. The van der Waals surface area contributed by atoms with Crippen LogP contribution in [0.5, 0.6) is 11.5 Å². The molecule has 29 heavy (non-hydrogen) atoms. The van der Waals surface area contributed by atoms with Crippen molar-refractivity contribution < 1.29 is 28.6 Å². The second kappa shape index (κ2) is 7.53. The van der Waals surface area contributed by atoms with Gasteiger partial charge in [0, 0.05) is 36.3 Å². The maximum absolute atomic E-state index is 13.4. The van der Waals surface area contributed by atoms with Crippen LogP contribution in [0.15, 0.2) is 36.4 Å². The fourth-order valence-corrected chi connectivity index (χ4v) is 3.65. The van der Waals surface area contributed by atoms with Crippen molar-refractivity contribution in [3.8, 4) is 11.5 Å². The lowest BCUT2D eigenvalue weighted by molar-refractivity contribution is -0.149. The van der Waals surface area contributed by atoms with Gasteiger partial charge in [-0.2, -0.15) is 0 Å². The van der Waals surface area contributed by atoms with Gasteiger partial charge in [0.25, 0.3) is 11.8 Å². The first-order valence-electron chi connectivity index (χ1n) is 9.04. The second-order valence-electron chi connectivity index (χ2n) is 6.86. The van der Waals surface area contributed by atoms with Crippen LogP contribution >= 0.6 is 11.6 Å². The molecule has 0 aromatic heterocycles. The molecule has 1 unspecified atom stereocenters. The molecule has 2 heterocycles. The van der Waals surface area contributed by atoms with Crippen LogP contribution in [-0.2, 0) is 16.1 Å². The van der Waals surface area contributed by atoms with E-state index in [9.17, 15) is 19.1 Å². The summed E-state index contributed by atoms with van der Waals surface area (Å²) < 4.78 is 24.4. The van der Waals surface area contributed by atoms with Crippen LogP contribution in [0.4, 0.5) is 10.1 Å². The first-order valence-corrected chi connectivity index (χ1v) is 9.42. The quantitative estimate of drug-likeness (QED) is 0.739. The van der Waals surface area contributed by atoms with E-state index in [1.165, 1.54) is 17.0 Å². The number of hydrogen-bond acceptors (Lipinski definition) is 5. The summed E-state index contributed by atoms with van der Waals surface area (Å²) in [7, 11) is 0. The number of nitrogens with zero attached hydrogens (tertiary/aromatic N) is 1. The Kier molecular flexibility index (Phi) is 5.06. The Morgan fingerprint density at radius 2 is 1.97 bits per heavy atom. The van der Waals surface area contributed by atoms with E-state index in [0.717, 1.165) is 6.07 Å². The molecule has 1 atom stereocenters. The van der Waals surface area contributed by atoms with Gasteiger partial charge in [-0.3, -0.25) is 9.59 Å². The Morgan fingerprint density at radius 3 is 2.72 bits per heavy atom. The van der Waals surface area contributed by atoms with E-state index in [1.54, 1.807) is 18.2 Å². The topological polar surface area (TPSA) is 88.1 Å². The molecule has 2 aromatic carbocycles. The third-order valence-corrected chi connectivity index (χ3v) is 5.10. The van der Waals surface area contributed by atoms with Crippen molar-refractivity contribution in [2.45, 2.75) is 18.6 Å². The Hall–Kier alpha value is -2.84. The zero-order valence-electron chi connectivity index (χ0n) is 15.3. The smallest absolute Gasteiger partial charge is 0.268 e. The number of halogens is 2. The van der Waals surface area contributed by atoms with Crippen molar-refractivity contribution in [2.75, 3.05) is 24.7 Å². The van der Waals surface area contributed by atoms with Gasteiger partial charge in [-0.1, -0.05) is 11.6 Å². The summed E-state index contributed by atoms with van der Waals surface area (Å²) in [4.78, 5) is 26.7. The number of carbonyl (C=O) groups is 2. The van der Waals surface area contributed by atoms with Crippen molar-refractivity contribution in [2.24, 2.45) is 0 Å². The van der Waals surface area contributed by atoms with E-state index >= 15 is 0 Å². The molecule has 0 spiro atoms. The van der Waals surface area contributed by atoms with Crippen molar-refractivity contribution in [1.29, 1.82) is 0 Å². The van der Waals surface area contributed by atoms with Gasteiger partial charge in [-0.05, 0) is 35.9 Å². The van der Waals surface area contributed by atoms with E-state index < -0.39 is 23.2 Å². The SMILES string of the molecule is O=C(NCc1cc(F)cc(Cl)c1)C1(O)CCN(c2ccc3c(c2)OCCO3)C1=O. The maximum Gasteiger partial charge on any atom is 0.268 e. The molecule has 1 fully saturated rings. The molecule has 2 N–H and O–H groups in total. The maximum atomic E-state index is 13.4. The minimum atomic E-state index is -2.20. The molecular weight excluding hydrogens is 403 g/mol. The minimum Gasteiger partial charge on any atom is -0.486 e. The molecule has 2 aliphatic heterocycles. The highest BCUT2D eigenvalue weighted by Gasteiger charge is 2.51. The molecule has 4 rings (SSSR count). The lowest BCUT2D eigenvalue weighted by atomic mass is 10.0. The van der Waals surface area contributed by atoms with Gasteiger partial charge < -0.3 is 24.8 Å². The summed E-state index contributed by atoms with van der Waals surface area (Å²) in [5.41, 5.74) is -1.29. The molecule has 2 amide bonds. The summed E-state index contributed by atoms with van der Waals surface area (Å²) in [5, 5.41) is 13.4. The Balaban J connectivity index is 1.47. The van der Waals surface area contributed by atoms with Gasteiger partial charge in [0.2, 0.25) is 5.60 Å². The first-order chi connectivity index (χ1) is 13.9. The summed E-state index contributed by atoms with van der Waals surface area (Å²) in [6, 6.07) is 8.85. The number of rotatable bonds is 4. The predicted molar refractivity (Wildman–Crippen MR) is 103 cm³/mol. The standard InChI is InChI=1S/C20H18ClFN2O5/c21-13-7-12(8-14(22)9-13)11-23-18(25)20(27)3-4-24(19(20)26)15-1-2-16-17(10-15)29-6-5-28-16/h1-2,7-10,27H,3-6,11H2,(H,23,25). The van der Waals surface area contributed by atoms with Crippen molar-refractivity contribution in [1.82, 2.24) is 5.32 Å². The molecule has 0 bridgehead atoms. The number of amides is 2. The van der Waals surface area contributed by atoms with Crippen LogP contribution in [0.1, 0.15) is 12.0 Å². The summed E-state index contributed by atoms with van der Waals surface area (Å²) >= 11 is 5.80. The number of carbonyl (C=O) groups excluding carboxylic acids is 2. The lowest BCUT2D eigenvalue weighted by Gasteiger charge is -2.24. The van der Waals surface area contributed by atoms with Crippen LogP contribution in [0, 0.1) is 5.82 Å². The van der Waals surface area contributed by atoms with Crippen molar-refractivity contribution >= 4 is 29.1 Å². The molecule has 2 aliphatic rings. The van der Waals surface area contributed by atoms with Gasteiger partial charge in [0.05, 0.1) is 0 Å². The number of fused-ring (bicyclic) bond motifs is 1. The molecule has 0 radical (unpaired) electrons. The normalized spacial score (nSPS) is 20.7. The number of benzene rings is 2. The lowest BCUT2D eigenvalue weighted by Crippen LogP contribution is -2.52. The number of ether oxygens (including phenoxy) is 2. The molecule has 152 valence electrons. The van der Waals surface area contributed by atoms with Crippen LogP contribution in [0.25, 0.3) is 0 Å². The second-order valence-corrected chi connectivity index (χ2v) is 7.29.